The Morgan fingerprint density at radius 2 is 2.27 bits per heavy atom. The highest BCUT2D eigenvalue weighted by Gasteiger charge is 2.05. The Hall–Kier alpha value is -0.860. The van der Waals surface area contributed by atoms with E-state index < -0.39 is 0 Å². The van der Waals surface area contributed by atoms with Crippen molar-refractivity contribution in [2.45, 2.75) is 33.2 Å². The Labute approximate surface area is 66.0 Å². The molecule has 2 nitrogen and oxygen atoms in total. The minimum atomic E-state index is -0.305. The fourth-order valence-corrected chi connectivity index (χ4v) is 0.936. The second-order valence-electron chi connectivity index (χ2n) is 2.45. The lowest BCUT2D eigenvalue weighted by molar-refractivity contribution is 0.582. The molecule has 1 rings (SSSR count). The second-order valence-corrected chi connectivity index (χ2v) is 2.45. The van der Waals surface area contributed by atoms with Crippen LogP contribution in [0.4, 0.5) is 4.39 Å². The van der Waals surface area contributed by atoms with E-state index in [0.717, 1.165) is 13.0 Å². The van der Waals surface area contributed by atoms with Gasteiger partial charge in [-0.15, -0.1) is 0 Å². The molecule has 1 heterocycles. The summed E-state index contributed by atoms with van der Waals surface area (Å²) in [6.07, 6.45) is 4.13. The summed E-state index contributed by atoms with van der Waals surface area (Å²) in [6, 6.07) is 0. The number of halogens is 1. The molecule has 0 aliphatic heterocycles. The van der Waals surface area contributed by atoms with E-state index in [1.54, 1.807) is 0 Å². The number of hydrogen-bond acceptors (Lipinski definition) is 1. The molecule has 0 saturated heterocycles. The van der Waals surface area contributed by atoms with Gasteiger partial charge in [-0.3, -0.25) is 4.68 Å². The van der Waals surface area contributed by atoms with Crippen LogP contribution in [-0.2, 0) is 13.0 Å². The molecule has 0 fully saturated rings. The van der Waals surface area contributed by atoms with E-state index >= 15 is 0 Å². The topological polar surface area (TPSA) is 17.8 Å². The Kier molecular flexibility index (Phi) is 2.63. The molecule has 0 bridgehead atoms. The van der Waals surface area contributed by atoms with Crippen molar-refractivity contribution in [2.24, 2.45) is 0 Å². The molecule has 0 unspecified atom stereocenters. The first-order valence-electron chi connectivity index (χ1n) is 3.92. The average molecular weight is 155 g/mol. The second kappa shape index (κ2) is 3.51. The van der Waals surface area contributed by atoms with E-state index in [1.165, 1.54) is 4.68 Å². The summed E-state index contributed by atoms with van der Waals surface area (Å²) >= 11 is 0. The van der Waals surface area contributed by atoms with Gasteiger partial charge in [-0.25, -0.2) is 4.39 Å². The van der Waals surface area contributed by atoms with Crippen LogP contribution in [0.3, 0.4) is 0 Å². The minimum absolute atomic E-state index is 0.305. The van der Waals surface area contributed by atoms with Gasteiger partial charge in [0.05, 0.1) is 5.69 Å². The number of nitrogens with zero attached hydrogens (tertiary/aromatic N) is 2. The predicted octanol–water partition coefficient (Wildman–Crippen LogP) is 1.79. The molecule has 3 heteroatoms. The average Bonchev–Trinajstić information content (AvgIpc) is 2.32. The van der Waals surface area contributed by atoms with Crippen molar-refractivity contribution in [2.75, 3.05) is 0 Å². The predicted molar refractivity (Wildman–Crippen MR) is 40.7 cm³/mol. The quantitative estimate of drug-likeness (QED) is 0.650. The van der Waals surface area contributed by atoms with Gasteiger partial charge < -0.3 is 0 Å². The zero-order valence-corrected chi connectivity index (χ0v) is 6.89. The van der Waals surface area contributed by atoms with Crippen molar-refractivity contribution in [3.05, 3.63) is 17.7 Å². The van der Waals surface area contributed by atoms with Gasteiger partial charge in [0.1, 0.15) is 6.20 Å². The van der Waals surface area contributed by atoms with Crippen molar-refractivity contribution >= 4 is 0 Å². The molecule has 0 N–H and O–H groups in total. The monoisotopic (exact) mass is 155 g/mol. The molecular formula is C8H12FN2. The smallest absolute Gasteiger partial charge is 0.173 e. The van der Waals surface area contributed by atoms with Crippen LogP contribution in [0.2, 0.25) is 0 Å². The fourth-order valence-electron chi connectivity index (χ4n) is 0.936. The SMILES string of the molecule is CCCn1[c]c(F)c(CC)n1. The first kappa shape index (κ1) is 8.24. The lowest BCUT2D eigenvalue weighted by atomic mass is 10.3. The maximum absolute atomic E-state index is 12.8. The molecule has 0 aliphatic rings. The molecule has 1 radical (unpaired) electrons. The Balaban J connectivity index is 2.77. The number of hydrogen-bond donors (Lipinski definition) is 0. The summed E-state index contributed by atoms with van der Waals surface area (Å²) in [5, 5.41) is 4.00. The first-order valence-corrected chi connectivity index (χ1v) is 3.92. The Bertz CT molecular complexity index is 230. The van der Waals surface area contributed by atoms with Gasteiger partial charge in [0.2, 0.25) is 0 Å². The van der Waals surface area contributed by atoms with Crippen molar-refractivity contribution in [3.63, 3.8) is 0 Å². The van der Waals surface area contributed by atoms with Crippen molar-refractivity contribution in [3.8, 4) is 0 Å². The third-order valence-electron chi connectivity index (χ3n) is 1.49. The molecule has 0 aromatic carbocycles. The fraction of sp³-hybridized carbons (Fsp3) is 0.625. The van der Waals surface area contributed by atoms with Crippen LogP contribution in [0.25, 0.3) is 0 Å². The molecule has 0 atom stereocenters. The van der Waals surface area contributed by atoms with Crippen LogP contribution in [0.1, 0.15) is 26.0 Å². The Morgan fingerprint density at radius 1 is 1.55 bits per heavy atom. The van der Waals surface area contributed by atoms with Crippen molar-refractivity contribution in [1.82, 2.24) is 9.78 Å². The van der Waals surface area contributed by atoms with E-state index in [0.29, 0.717) is 12.1 Å². The van der Waals surface area contributed by atoms with Crippen LogP contribution in [0.15, 0.2) is 0 Å². The van der Waals surface area contributed by atoms with Crippen molar-refractivity contribution in [1.29, 1.82) is 0 Å². The molecule has 11 heavy (non-hydrogen) atoms. The maximum atomic E-state index is 12.8. The molecule has 0 spiro atoms. The van der Waals surface area contributed by atoms with E-state index in [2.05, 4.69) is 11.3 Å². The lowest BCUT2D eigenvalue weighted by Gasteiger charge is -1.93. The normalized spacial score (nSPS) is 10.5. The van der Waals surface area contributed by atoms with Gasteiger partial charge in [0.25, 0.3) is 0 Å². The molecule has 1 aromatic rings. The van der Waals surface area contributed by atoms with Gasteiger partial charge in [0.15, 0.2) is 5.82 Å². The first-order chi connectivity index (χ1) is 5.27. The van der Waals surface area contributed by atoms with E-state index in [9.17, 15) is 4.39 Å². The van der Waals surface area contributed by atoms with Crippen LogP contribution < -0.4 is 0 Å². The van der Waals surface area contributed by atoms with E-state index in [4.69, 9.17) is 0 Å². The third-order valence-corrected chi connectivity index (χ3v) is 1.49. The summed E-state index contributed by atoms with van der Waals surface area (Å²) in [5.74, 6) is -0.305. The summed E-state index contributed by atoms with van der Waals surface area (Å²) in [5.41, 5.74) is 0.512. The molecular weight excluding hydrogens is 143 g/mol. The van der Waals surface area contributed by atoms with Crippen LogP contribution in [0, 0.1) is 12.0 Å². The lowest BCUT2D eigenvalue weighted by Crippen LogP contribution is -1.97. The van der Waals surface area contributed by atoms with Gasteiger partial charge in [-0.05, 0) is 12.8 Å². The van der Waals surface area contributed by atoms with Crippen LogP contribution in [-0.4, -0.2) is 9.78 Å². The highest BCUT2D eigenvalue weighted by molar-refractivity contribution is 5.00. The maximum Gasteiger partial charge on any atom is 0.173 e. The highest BCUT2D eigenvalue weighted by atomic mass is 19.1. The highest BCUT2D eigenvalue weighted by Crippen LogP contribution is 2.04. The number of aromatic nitrogens is 2. The molecule has 61 valence electrons. The van der Waals surface area contributed by atoms with Crippen molar-refractivity contribution < 1.29 is 4.39 Å². The van der Waals surface area contributed by atoms with Gasteiger partial charge >= 0.3 is 0 Å². The summed E-state index contributed by atoms with van der Waals surface area (Å²) < 4.78 is 14.3. The minimum Gasteiger partial charge on any atom is -0.260 e. The molecule has 1 aromatic heterocycles. The third kappa shape index (κ3) is 1.79. The number of aryl methyl sites for hydroxylation is 2. The summed E-state index contributed by atoms with van der Waals surface area (Å²) in [7, 11) is 0. The largest absolute Gasteiger partial charge is 0.260 e. The summed E-state index contributed by atoms with van der Waals surface area (Å²) in [4.78, 5) is 0. The van der Waals surface area contributed by atoms with Gasteiger partial charge in [-0.2, -0.15) is 5.10 Å². The van der Waals surface area contributed by atoms with E-state index in [1.807, 2.05) is 13.8 Å². The zero-order valence-electron chi connectivity index (χ0n) is 6.89. The van der Waals surface area contributed by atoms with E-state index in [-0.39, 0.29) is 5.82 Å². The Morgan fingerprint density at radius 3 is 2.73 bits per heavy atom. The summed E-state index contributed by atoms with van der Waals surface area (Å²) in [6.45, 7) is 4.66. The van der Waals surface area contributed by atoms with Gasteiger partial charge in [-0.1, -0.05) is 13.8 Å². The van der Waals surface area contributed by atoms with Crippen LogP contribution >= 0.6 is 0 Å². The van der Waals surface area contributed by atoms with Gasteiger partial charge in [0, 0.05) is 6.54 Å². The molecule has 0 saturated carbocycles. The molecule has 0 aliphatic carbocycles. The zero-order chi connectivity index (χ0) is 8.27. The molecule has 0 amide bonds. The van der Waals surface area contributed by atoms with Crippen LogP contribution in [0.5, 0.6) is 0 Å². The number of rotatable bonds is 3. The standard InChI is InChI=1S/C8H12FN2/c1-3-5-11-6-7(9)8(4-2)10-11/h3-5H2,1-2H3.